The summed E-state index contributed by atoms with van der Waals surface area (Å²) in [6.45, 7) is 1.96. The van der Waals surface area contributed by atoms with Gasteiger partial charge < -0.3 is 5.73 Å². The van der Waals surface area contributed by atoms with Gasteiger partial charge in [-0.2, -0.15) is 5.10 Å². The van der Waals surface area contributed by atoms with Gasteiger partial charge in [0.25, 0.3) is 0 Å². The molecule has 0 aliphatic heterocycles. The second kappa shape index (κ2) is 4.99. The van der Waals surface area contributed by atoms with E-state index in [0.29, 0.717) is 0 Å². The molecule has 1 aromatic carbocycles. The molecule has 6 heteroatoms. The average Bonchev–Trinajstić information content (AvgIpc) is 2.73. The molecule has 0 bridgehead atoms. The van der Waals surface area contributed by atoms with E-state index in [1.54, 1.807) is 0 Å². The zero-order chi connectivity index (χ0) is 11.5. The summed E-state index contributed by atoms with van der Waals surface area (Å²) < 4.78 is 1.02. The van der Waals surface area contributed by atoms with E-state index in [0.717, 1.165) is 20.1 Å². The van der Waals surface area contributed by atoms with Crippen LogP contribution < -0.4 is 5.73 Å². The van der Waals surface area contributed by atoms with Crippen molar-refractivity contribution in [2.45, 2.75) is 23.0 Å². The van der Waals surface area contributed by atoms with E-state index in [1.807, 2.05) is 25.1 Å². The number of nitrogens with two attached hydrogens (primary N) is 1. The molecule has 0 aliphatic carbocycles. The fourth-order valence-electron chi connectivity index (χ4n) is 1.23. The molecule has 84 valence electrons. The summed E-state index contributed by atoms with van der Waals surface area (Å²) in [7, 11) is 0. The number of nitrogens with one attached hydrogen (secondary N) is 1. The van der Waals surface area contributed by atoms with Crippen LogP contribution in [0.3, 0.4) is 0 Å². The second-order valence-corrected chi connectivity index (χ2v) is 5.26. The predicted octanol–water partition coefficient (Wildman–Crippen LogP) is 2.74. The Labute approximate surface area is 106 Å². The third kappa shape index (κ3) is 2.63. The van der Waals surface area contributed by atoms with Gasteiger partial charge in [-0.3, -0.25) is 5.10 Å². The molecule has 0 fully saturated rings. The van der Waals surface area contributed by atoms with Crippen molar-refractivity contribution in [3.63, 3.8) is 0 Å². The van der Waals surface area contributed by atoms with Crippen LogP contribution in [0, 0.1) is 0 Å². The van der Waals surface area contributed by atoms with Gasteiger partial charge in [0.05, 0.1) is 0 Å². The van der Waals surface area contributed by atoms with Gasteiger partial charge in [0, 0.05) is 15.4 Å². The van der Waals surface area contributed by atoms with E-state index in [4.69, 9.17) is 5.73 Å². The molecule has 1 unspecified atom stereocenters. The average molecular weight is 299 g/mol. The molecule has 2 rings (SSSR count). The highest BCUT2D eigenvalue weighted by molar-refractivity contribution is 9.10. The Hall–Kier alpha value is -0.850. The van der Waals surface area contributed by atoms with Gasteiger partial charge in [0.2, 0.25) is 0 Å². The number of benzene rings is 1. The maximum atomic E-state index is 5.81. The van der Waals surface area contributed by atoms with E-state index in [-0.39, 0.29) is 6.04 Å². The molecule has 4 nitrogen and oxygen atoms in total. The fraction of sp³-hybridized carbons (Fsp3) is 0.200. The monoisotopic (exact) mass is 298 g/mol. The number of halogens is 1. The molecule has 3 N–H and O–H groups in total. The number of hydrogen-bond acceptors (Lipinski definition) is 4. The van der Waals surface area contributed by atoms with Gasteiger partial charge in [0.15, 0.2) is 5.16 Å². The number of nitrogens with zero attached hydrogens (tertiary/aromatic N) is 2. The normalized spacial score (nSPS) is 12.7. The Morgan fingerprint density at radius 3 is 2.88 bits per heavy atom. The van der Waals surface area contributed by atoms with Crippen LogP contribution in [0.1, 0.15) is 18.5 Å². The van der Waals surface area contributed by atoms with Crippen molar-refractivity contribution in [3.8, 4) is 0 Å². The van der Waals surface area contributed by atoms with Crippen LogP contribution in [-0.2, 0) is 0 Å². The lowest BCUT2D eigenvalue weighted by Gasteiger charge is -2.08. The minimum Gasteiger partial charge on any atom is -0.324 e. The predicted molar refractivity (Wildman–Crippen MR) is 67.3 cm³/mol. The van der Waals surface area contributed by atoms with Crippen LogP contribution in [0.25, 0.3) is 0 Å². The van der Waals surface area contributed by atoms with Crippen LogP contribution in [0.4, 0.5) is 0 Å². The molecular weight excluding hydrogens is 288 g/mol. The lowest BCUT2D eigenvalue weighted by molar-refractivity contribution is 0.815. The summed E-state index contributed by atoms with van der Waals surface area (Å²) in [4.78, 5) is 5.15. The second-order valence-electron chi connectivity index (χ2n) is 3.37. The maximum absolute atomic E-state index is 5.81. The van der Waals surface area contributed by atoms with Crippen molar-refractivity contribution in [1.29, 1.82) is 0 Å². The number of H-pyrrole nitrogens is 1. The van der Waals surface area contributed by atoms with Crippen LogP contribution >= 0.6 is 27.7 Å². The number of hydrogen-bond donors (Lipinski definition) is 2. The molecule has 0 saturated carbocycles. The molecule has 2 aromatic rings. The van der Waals surface area contributed by atoms with Crippen LogP contribution in [0.2, 0.25) is 0 Å². The smallest absolute Gasteiger partial charge is 0.188 e. The van der Waals surface area contributed by atoms with E-state index in [1.165, 1.54) is 18.1 Å². The minimum atomic E-state index is 0.0422. The first-order valence-corrected chi connectivity index (χ1v) is 6.36. The molecule has 1 atom stereocenters. The highest BCUT2D eigenvalue weighted by Gasteiger charge is 2.07. The Balaban J connectivity index is 2.23. The molecule has 1 aromatic heterocycles. The zero-order valence-electron chi connectivity index (χ0n) is 8.64. The Kier molecular flexibility index (Phi) is 3.63. The Morgan fingerprint density at radius 1 is 1.50 bits per heavy atom. The summed E-state index contributed by atoms with van der Waals surface area (Å²) in [5.74, 6) is 0. The molecule has 0 spiro atoms. The Morgan fingerprint density at radius 2 is 2.31 bits per heavy atom. The fourth-order valence-corrected chi connectivity index (χ4v) is 2.57. The van der Waals surface area contributed by atoms with Gasteiger partial charge in [-0.15, -0.1) is 0 Å². The molecule has 16 heavy (non-hydrogen) atoms. The lowest BCUT2D eigenvalue weighted by atomic mass is 10.1. The summed E-state index contributed by atoms with van der Waals surface area (Å²) in [5.41, 5.74) is 6.92. The largest absolute Gasteiger partial charge is 0.324 e. The molecule has 0 radical (unpaired) electrons. The number of aromatic amines is 1. The van der Waals surface area contributed by atoms with Crippen LogP contribution in [0.15, 0.2) is 39.1 Å². The standard InChI is InChI=1S/C10H11BrN4S/c1-6(12)7-2-3-9(8(11)4-7)16-10-13-5-14-15-10/h2-6H,12H2,1H3,(H,13,14,15). The Bertz CT molecular complexity index is 470. The first-order valence-electron chi connectivity index (χ1n) is 4.75. The van der Waals surface area contributed by atoms with Gasteiger partial charge in [-0.25, -0.2) is 4.98 Å². The van der Waals surface area contributed by atoms with Crippen molar-refractivity contribution in [2.24, 2.45) is 5.73 Å². The molecule has 0 saturated heterocycles. The van der Waals surface area contributed by atoms with Crippen LogP contribution in [0.5, 0.6) is 0 Å². The van der Waals surface area contributed by atoms with Gasteiger partial charge in [-0.1, -0.05) is 6.07 Å². The molecular formula is C10H11BrN4S. The first-order chi connectivity index (χ1) is 7.66. The highest BCUT2D eigenvalue weighted by Crippen LogP contribution is 2.32. The minimum absolute atomic E-state index is 0.0422. The quantitative estimate of drug-likeness (QED) is 0.914. The summed E-state index contributed by atoms with van der Waals surface area (Å²) in [6.07, 6.45) is 1.49. The van der Waals surface area contributed by atoms with Crippen molar-refractivity contribution < 1.29 is 0 Å². The van der Waals surface area contributed by atoms with E-state index >= 15 is 0 Å². The van der Waals surface area contributed by atoms with E-state index in [2.05, 4.69) is 31.1 Å². The third-order valence-electron chi connectivity index (χ3n) is 2.08. The van der Waals surface area contributed by atoms with Crippen LogP contribution in [-0.4, -0.2) is 15.2 Å². The number of rotatable bonds is 3. The third-order valence-corrected chi connectivity index (χ3v) is 3.97. The number of aromatic nitrogens is 3. The SMILES string of the molecule is CC(N)c1ccc(Sc2ncn[nH]2)c(Br)c1. The van der Waals surface area contributed by atoms with Crippen molar-refractivity contribution in [1.82, 2.24) is 15.2 Å². The van der Waals surface area contributed by atoms with Crippen molar-refractivity contribution >= 4 is 27.7 Å². The molecule has 1 heterocycles. The molecule has 0 aliphatic rings. The topological polar surface area (TPSA) is 67.6 Å². The zero-order valence-corrected chi connectivity index (χ0v) is 11.0. The van der Waals surface area contributed by atoms with Crippen molar-refractivity contribution in [3.05, 3.63) is 34.6 Å². The van der Waals surface area contributed by atoms with Gasteiger partial charge in [-0.05, 0) is 52.3 Å². The highest BCUT2D eigenvalue weighted by atomic mass is 79.9. The summed E-state index contributed by atoms with van der Waals surface area (Å²) in [6, 6.07) is 6.12. The summed E-state index contributed by atoms with van der Waals surface area (Å²) >= 11 is 5.05. The van der Waals surface area contributed by atoms with Crippen molar-refractivity contribution in [2.75, 3.05) is 0 Å². The van der Waals surface area contributed by atoms with Gasteiger partial charge >= 0.3 is 0 Å². The lowest BCUT2D eigenvalue weighted by Crippen LogP contribution is -2.04. The maximum Gasteiger partial charge on any atom is 0.188 e. The van der Waals surface area contributed by atoms with E-state index < -0.39 is 0 Å². The van der Waals surface area contributed by atoms with E-state index in [9.17, 15) is 0 Å². The summed E-state index contributed by atoms with van der Waals surface area (Å²) in [5, 5.41) is 7.38. The van der Waals surface area contributed by atoms with Gasteiger partial charge in [0.1, 0.15) is 6.33 Å². The first kappa shape index (κ1) is 11.6. The molecule has 0 amide bonds.